The van der Waals surface area contributed by atoms with E-state index < -0.39 is 16.9 Å². The lowest BCUT2D eigenvalue weighted by atomic mass is 10.1. The SMILES string of the molecule is O=C1CCN(CCOc2ccc3c(c2)C(=O)N(CCO[N+](=O)[O-])C3=O)CC1. The third kappa shape index (κ3) is 4.40. The molecule has 0 aliphatic carbocycles. The number of carbonyl (C=O) groups is 3. The Morgan fingerprint density at radius 3 is 2.41 bits per heavy atom. The summed E-state index contributed by atoms with van der Waals surface area (Å²) in [5, 5.41) is 9.22. The molecule has 0 aromatic heterocycles. The van der Waals surface area contributed by atoms with E-state index in [1.165, 1.54) is 12.1 Å². The number of rotatable bonds is 8. The van der Waals surface area contributed by atoms with E-state index in [9.17, 15) is 24.5 Å². The highest BCUT2D eigenvalue weighted by Gasteiger charge is 2.35. The summed E-state index contributed by atoms with van der Waals surface area (Å²) in [6.45, 7) is 1.94. The Morgan fingerprint density at radius 2 is 1.70 bits per heavy atom. The first kappa shape index (κ1) is 18.8. The van der Waals surface area contributed by atoms with Gasteiger partial charge in [0.05, 0.1) is 17.7 Å². The highest BCUT2D eigenvalue weighted by Crippen LogP contribution is 2.26. The van der Waals surface area contributed by atoms with Crippen molar-refractivity contribution < 1.29 is 29.0 Å². The minimum absolute atomic E-state index is 0.197. The largest absolute Gasteiger partial charge is 0.492 e. The topological polar surface area (TPSA) is 119 Å². The first-order chi connectivity index (χ1) is 13.0. The highest BCUT2D eigenvalue weighted by atomic mass is 16.9. The molecule has 0 atom stereocenters. The summed E-state index contributed by atoms with van der Waals surface area (Å²) in [6.07, 6.45) is 1.12. The molecule has 2 aliphatic rings. The van der Waals surface area contributed by atoms with Crippen LogP contribution in [0.25, 0.3) is 0 Å². The van der Waals surface area contributed by atoms with Crippen LogP contribution >= 0.6 is 0 Å². The van der Waals surface area contributed by atoms with E-state index in [4.69, 9.17) is 4.74 Å². The average molecular weight is 377 g/mol. The molecule has 144 valence electrons. The van der Waals surface area contributed by atoms with Crippen LogP contribution < -0.4 is 4.74 Å². The zero-order valence-corrected chi connectivity index (χ0v) is 14.6. The first-order valence-electron chi connectivity index (χ1n) is 8.60. The van der Waals surface area contributed by atoms with E-state index in [2.05, 4.69) is 9.74 Å². The Kier molecular flexibility index (Phi) is 5.65. The number of fused-ring (bicyclic) bond motifs is 1. The fourth-order valence-corrected chi connectivity index (χ4v) is 3.09. The number of hydrogen-bond acceptors (Lipinski definition) is 8. The van der Waals surface area contributed by atoms with Gasteiger partial charge in [0.25, 0.3) is 16.9 Å². The van der Waals surface area contributed by atoms with Crippen molar-refractivity contribution in [1.82, 2.24) is 9.80 Å². The summed E-state index contributed by atoms with van der Waals surface area (Å²) >= 11 is 0. The summed E-state index contributed by atoms with van der Waals surface area (Å²) in [5.41, 5.74) is 0.449. The van der Waals surface area contributed by atoms with Gasteiger partial charge in [0.15, 0.2) is 0 Å². The molecule has 0 N–H and O–H groups in total. The average Bonchev–Trinajstić information content (AvgIpc) is 2.88. The Morgan fingerprint density at radius 1 is 1.00 bits per heavy atom. The highest BCUT2D eigenvalue weighted by molar-refractivity contribution is 6.21. The van der Waals surface area contributed by atoms with Crippen molar-refractivity contribution in [1.29, 1.82) is 0 Å². The molecule has 1 aromatic rings. The van der Waals surface area contributed by atoms with Crippen LogP contribution in [-0.4, -0.2) is 71.9 Å². The maximum Gasteiger partial charge on any atom is 0.294 e. The first-order valence-corrected chi connectivity index (χ1v) is 8.60. The van der Waals surface area contributed by atoms with E-state index in [0.717, 1.165) is 18.0 Å². The van der Waals surface area contributed by atoms with E-state index in [1.807, 2.05) is 0 Å². The number of amides is 2. The third-order valence-electron chi connectivity index (χ3n) is 4.54. The molecular weight excluding hydrogens is 358 g/mol. The second-order valence-corrected chi connectivity index (χ2v) is 6.25. The summed E-state index contributed by atoms with van der Waals surface area (Å²) in [6, 6.07) is 4.63. The normalized spacial score (nSPS) is 17.2. The van der Waals surface area contributed by atoms with Gasteiger partial charge in [-0.15, -0.1) is 10.1 Å². The number of hydrogen-bond donors (Lipinski definition) is 0. The van der Waals surface area contributed by atoms with Gasteiger partial charge < -0.3 is 9.57 Å². The quantitative estimate of drug-likeness (QED) is 0.366. The van der Waals surface area contributed by atoms with Crippen molar-refractivity contribution in [3.05, 3.63) is 39.4 Å². The van der Waals surface area contributed by atoms with Gasteiger partial charge in [-0.2, -0.15) is 0 Å². The minimum Gasteiger partial charge on any atom is -0.492 e. The molecule has 3 rings (SSSR count). The van der Waals surface area contributed by atoms with Crippen LogP contribution in [0.2, 0.25) is 0 Å². The molecule has 10 nitrogen and oxygen atoms in total. The summed E-state index contributed by atoms with van der Waals surface area (Å²) < 4.78 is 5.67. The summed E-state index contributed by atoms with van der Waals surface area (Å²) in [5.74, 6) is -0.290. The molecule has 2 aliphatic heterocycles. The van der Waals surface area contributed by atoms with Gasteiger partial charge in [0.2, 0.25) is 0 Å². The Bertz CT molecular complexity index is 770. The number of nitrogens with zero attached hydrogens (tertiary/aromatic N) is 3. The monoisotopic (exact) mass is 377 g/mol. The Labute approximate surface area is 154 Å². The second-order valence-electron chi connectivity index (χ2n) is 6.25. The van der Waals surface area contributed by atoms with Gasteiger partial charge in [0.1, 0.15) is 24.7 Å². The third-order valence-corrected chi connectivity index (χ3v) is 4.54. The number of imide groups is 1. The van der Waals surface area contributed by atoms with Gasteiger partial charge >= 0.3 is 0 Å². The van der Waals surface area contributed by atoms with E-state index in [0.29, 0.717) is 31.7 Å². The van der Waals surface area contributed by atoms with Crippen molar-refractivity contribution in [2.75, 3.05) is 39.4 Å². The number of benzene rings is 1. The van der Waals surface area contributed by atoms with E-state index >= 15 is 0 Å². The fraction of sp³-hybridized carbons (Fsp3) is 0.471. The molecule has 2 heterocycles. The van der Waals surface area contributed by atoms with Crippen molar-refractivity contribution >= 4 is 17.6 Å². The Hall–Kier alpha value is -3.01. The van der Waals surface area contributed by atoms with Gasteiger partial charge in [-0.1, -0.05) is 0 Å². The lowest BCUT2D eigenvalue weighted by molar-refractivity contribution is -0.757. The molecule has 1 aromatic carbocycles. The number of Topliss-reactive ketones (excluding diaryl/α,β-unsaturated/α-hetero) is 1. The predicted octanol–water partition coefficient (Wildman–Crippen LogP) is 0.535. The lowest BCUT2D eigenvalue weighted by Crippen LogP contribution is -2.36. The molecule has 1 fully saturated rings. The molecule has 0 bridgehead atoms. The van der Waals surface area contributed by atoms with Crippen LogP contribution in [0.3, 0.4) is 0 Å². The van der Waals surface area contributed by atoms with Crippen LogP contribution in [0.15, 0.2) is 18.2 Å². The fourth-order valence-electron chi connectivity index (χ4n) is 3.09. The molecular formula is C17H19N3O7. The minimum atomic E-state index is -0.970. The molecule has 0 radical (unpaired) electrons. The van der Waals surface area contributed by atoms with Crippen molar-refractivity contribution in [3.8, 4) is 5.75 Å². The lowest BCUT2D eigenvalue weighted by Gasteiger charge is -2.25. The summed E-state index contributed by atoms with van der Waals surface area (Å²) in [4.78, 5) is 53.3. The summed E-state index contributed by atoms with van der Waals surface area (Å²) in [7, 11) is 0. The van der Waals surface area contributed by atoms with E-state index in [1.54, 1.807) is 6.07 Å². The number of ether oxygens (including phenoxy) is 1. The number of carbonyl (C=O) groups excluding carboxylic acids is 3. The smallest absolute Gasteiger partial charge is 0.294 e. The van der Waals surface area contributed by atoms with Crippen LogP contribution in [-0.2, 0) is 9.63 Å². The standard InChI is InChI=1S/C17H19N3O7/c21-12-3-5-18(6-4-12)7-9-26-13-1-2-14-15(11-13)17(23)19(16(14)22)8-10-27-20(24)25/h1-2,11H,3-10H2. The van der Waals surface area contributed by atoms with Crippen molar-refractivity contribution in [3.63, 3.8) is 0 Å². The van der Waals surface area contributed by atoms with Gasteiger partial charge in [-0.25, -0.2) is 0 Å². The number of likely N-dealkylation sites (tertiary alicyclic amines) is 1. The molecule has 0 saturated carbocycles. The molecule has 2 amide bonds. The van der Waals surface area contributed by atoms with Crippen molar-refractivity contribution in [2.45, 2.75) is 12.8 Å². The second kappa shape index (κ2) is 8.12. The van der Waals surface area contributed by atoms with Gasteiger partial charge in [-0.3, -0.25) is 24.2 Å². The zero-order valence-electron chi connectivity index (χ0n) is 14.6. The van der Waals surface area contributed by atoms with Crippen LogP contribution in [0, 0.1) is 10.1 Å². The predicted molar refractivity (Wildman–Crippen MR) is 90.9 cm³/mol. The van der Waals surface area contributed by atoms with Crippen LogP contribution in [0.5, 0.6) is 5.75 Å². The molecule has 27 heavy (non-hydrogen) atoms. The molecule has 0 unspecified atom stereocenters. The zero-order chi connectivity index (χ0) is 19.4. The number of piperidine rings is 1. The molecule has 0 spiro atoms. The maximum atomic E-state index is 12.4. The molecule has 1 saturated heterocycles. The van der Waals surface area contributed by atoms with Gasteiger partial charge in [-0.05, 0) is 18.2 Å². The molecule has 10 heteroatoms. The maximum absolute atomic E-state index is 12.4. The van der Waals surface area contributed by atoms with E-state index in [-0.39, 0.29) is 30.1 Å². The number of ketones is 1. The van der Waals surface area contributed by atoms with Crippen LogP contribution in [0.4, 0.5) is 0 Å². The van der Waals surface area contributed by atoms with Crippen molar-refractivity contribution in [2.24, 2.45) is 0 Å². The van der Waals surface area contributed by atoms with Gasteiger partial charge in [0, 0.05) is 32.5 Å². The Balaban J connectivity index is 1.55. The van der Waals surface area contributed by atoms with Crippen LogP contribution in [0.1, 0.15) is 33.6 Å².